The molecule has 0 saturated carbocycles. The minimum absolute atomic E-state index is 0.166. The van der Waals surface area contributed by atoms with Gasteiger partial charge in [-0.15, -0.1) is 11.8 Å². The van der Waals surface area contributed by atoms with E-state index in [0.717, 1.165) is 16.2 Å². The Labute approximate surface area is 192 Å². The van der Waals surface area contributed by atoms with Gasteiger partial charge in [-0.25, -0.2) is 0 Å². The lowest BCUT2D eigenvalue weighted by Crippen LogP contribution is -2.27. The van der Waals surface area contributed by atoms with Crippen molar-refractivity contribution < 1.29 is 19.1 Å². The van der Waals surface area contributed by atoms with Crippen LogP contribution in [0.5, 0.6) is 11.5 Å². The van der Waals surface area contributed by atoms with Gasteiger partial charge in [0, 0.05) is 22.2 Å². The molecule has 32 heavy (non-hydrogen) atoms. The van der Waals surface area contributed by atoms with E-state index >= 15 is 0 Å². The number of methoxy groups -OCH3 is 2. The van der Waals surface area contributed by atoms with Gasteiger partial charge in [0.25, 0.3) is 5.91 Å². The lowest BCUT2D eigenvalue weighted by molar-refractivity contribution is -0.113. The second-order valence-corrected chi connectivity index (χ2v) is 8.02. The number of para-hydroxylation sites is 1. The SMILES string of the molecule is COc1cccc(NC(=O)CSc2ccccc2C(=O)NC(C)c2ccccc2OC)c1. The van der Waals surface area contributed by atoms with E-state index in [1.165, 1.54) is 11.8 Å². The monoisotopic (exact) mass is 450 g/mol. The molecule has 7 heteroatoms. The van der Waals surface area contributed by atoms with Gasteiger partial charge in [-0.1, -0.05) is 36.4 Å². The maximum absolute atomic E-state index is 13.0. The Bertz CT molecular complexity index is 1090. The zero-order valence-electron chi connectivity index (χ0n) is 18.3. The number of hydrogen-bond acceptors (Lipinski definition) is 5. The van der Waals surface area contributed by atoms with E-state index in [-0.39, 0.29) is 23.6 Å². The molecule has 0 bridgehead atoms. The number of benzene rings is 3. The van der Waals surface area contributed by atoms with Crippen LogP contribution >= 0.6 is 11.8 Å². The Balaban J connectivity index is 1.64. The number of anilines is 1. The molecule has 3 aromatic carbocycles. The number of hydrogen-bond donors (Lipinski definition) is 2. The fourth-order valence-corrected chi connectivity index (χ4v) is 4.05. The molecule has 6 nitrogen and oxygen atoms in total. The normalized spacial score (nSPS) is 11.3. The third kappa shape index (κ3) is 6.04. The van der Waals surface area contributed by atoms with Crippen molar-refractivity contribution in [2.75, 3.05) is 25.3 Å². The number of carbonyl (C=O) groups excluding carboxylic acids is 2. The van der Waals surface area contributed by atoms with Gasteiger partial charge in [-0.3, -0.25) is 9.59 Å². The molecule has 0 spiro atoms. The first-order valence-electron chi connectivity index (χ1n) is 10.1. The maximum Gasteiger partial charge on any atom is 0.252 e. The van der Waals surface area contributed by atoms with Crippen molar-refractivity contribution in [1.29, 1.82) is 0 Å². The van der Waals surface area contributed by atoms with Crippen LogP contribution in [0.2, 0.25) is 0 Å². The van der Waals surface area contributed by atoms with Crippen LogP contribution in [0.1, 0.15) is 28.9 Å². The molecule has 0 heterocycles. The highest BCUT2D eigenvalue weighted by Gasteiger charge is 2.18. The number of ether oxygens (including phenoxy) is 2. The number of amides is 2. The van der Waals surface area contributed by atoms with Crippen LogP contribution in [-0.4, -0.2) is 31.8 Å². The van der Waals surface area contributed by atoms with Gasteiger partial charge < -0.3 is 20.1 Å². The van der Waals surface area contributed by atoms with Crippen LogP contribution in [-0.2, 0) is 4.79 Å². The first-order chi connectivity index (χ1) is 15.5. The lowest BCUT2D eigenvalue weighted by Gasteiger charge is -2.18. The van der Waals surface area contributed by atoms with Crippen LogP contribution in [0.4, 0.5) is 5.69 Å². The summed E-state index contributed by atoms with van der Waals surface area (Å²) in [6.45, 7) is 1.91. The summed E-state index contributed by atoms with van der Waals surface area (Å²) in [6, 6.07) is 21.8. The number of nitrogens with one attached hydrogen (secondary N) is 2. The number of thioether (sulfide) groups is 1. The van der Waals surface area contributed by atoms with Crippen molar-refractivity contribution in [3.8, 4) is 11.5 Å². The fraction of sp³-hybridized carbons (Fsp3) is 0.200. The summed E-state index contributed by atoms with van der Waals surface area (Å²) in [4.78, 5) is 26.1. The van der Waals surface area contributed by atoms with Crippen LogP contribution in [0, 0.1) is 0 Å². The molecule has 1 atom stereocenters. The first-order valence-corrected chi connectivity index (χ1v) is 11.1. The van der Waals surface area contributed by atoms with E-state index in [1.54, 1.807) is 32.4 Å². The Kier molecular flexibility index (Phi) is 8.16. The summed E-state index contributed by atoms with van der Waals surface area (Å²) < 4.78 is 10.6. The van der Waals surface area contributed by atoms with E-state index in [9.17, 15) is 9.59 Å². The first kappa shape index (κ1) is 23.2. The Morgan fingerprint density at radius 2 is 1.69 bits per heavy atom. The zero-order valence-corrected chi connectivity index (χ0v) is 19.1. The van der Waals surface area contributed by atoms with Gasteiger partial charge in [0.2, 0.25) is 5.91 Å². The molecule has 3 rings (SSSR count). The molecule has 0 radical (unpaired) electrons. The highest BCUT2D eigenvalue weighted by atomic mass is 32.2. The summed E-state index contributed by atoms with van der Waals surface area (Å²) in [5.41, 5.74) is 2.08. The van der Waals surface area contributed by atoms with Crippen molar-refractivity contribution in [2.45, 2.75) is 17.9 Å². The summed E-state index contributed by atoms with van der Waals surface area (Å²) in [7, 11) is 3.18. The van der Waals surface area contributed by atoms with Gasteiger partial charge in [0.1, 0.15) is 11.5 Å². The Morgan fingerprint density at radius 3 is 2.47 bits per heavy atom. The topological polar surface area (TPSA) is 76.7 Å². The molecule has 1 unspecified atom stereocenters. The highest BCUT2D eigenvalue weighted by molar-refractivity contribution is 8.00. The van der Waals surface area contributed by atoms with Gasteiger partial charge in [-0.05, 0) is 37.3 Å². The molecule has 0 fully saturated rings. The quantitative estimate of drug-likeness (QED) is 0.452. The van der Waals surface area contributed by atoms with E-state index < -0.39 is 0 Å². The minimum Gasteiger partial charge on any atom is -0.497 e. The van der Waals surface area contributed by atoms with Crippen molar-refractivity contribution in [3.05, 3.63) is 83.9 Å². The maximum atomic E-state index is 13.0. The standard InChI is InChI=1S/C25H26N2O4S/c1-17(20-11-4-6-13-22(20)31-3)26-25(29)21-12-5-7-14-23(21)32-16-24(28)27-18-9-8-10-19(15-18)30-2/h4-15,17H,16H2,1-3H3,(H,26,29)(H,27,28). The molecule has 2 amide bonds. The van der Waals surface area contributed by atoms with Crippen LogP contribution in [0.25, 0.3) is 0 Å². The summed E-state index contributed by atoms with van der Waals surface area (Å²) in [5, 5.41) is 5.87. The second kappa shape index (κ2) is 11.2. The molecular formula is C25H26N2O4S. The molecular weight excluding hydrogens is 424 g/mol. The minimum atomic E-state index is -0.243. The highest BCUT2D eigenvalue weighted by Crippen LogP contribution is 2.27. The number of carbonyl (C=O) groups is 2. The Morgan fingerprint density at radius 1 is 0.938 bits per heavy atom. The van der Waals surface area contributed by atoms with Crippen molar-refractivity contribution in [3.63, 3.8) is 0 Å². The summed E-state index contributed by atoms with van der Waals surface area (Å²) in [6.07, 6.45) is 0. The van der Waals surface area contributed by atoms with Gasteiger partial charge in [-0.2, -0.15) is 0 Å². The second-order valence-electron chi connectivity index (χ2n) is 7.00. The molecule has 0 saturated heterocycles. The summed E-state index contributed by atoms with van der Waals surface area (Å²) >= 11 is 1.31. The predicted molar refractivity (Wildman–Crippen MR) is 128 cm³/mol. The van der Waals surface area contributed by atoms with E-state index in [1.807, 2.05) is 61.5 Å². The third-order valence-corrected chi connectivity index (χ3v) is 5.87. The van der Waals surface area contributed by atoms with Crippen LogP contribution in [0.15, 0.2) is 77.7 Å². The molecule has 0 aliphatic heterocycles. The summed E-state index contributed by atoms with van der Waals surface area (Å²) in [5.74, 6) is 1.18. The third-order valence-electron chi connectivity index (χ3n) is 4.80. The smallest absolute Gasteiger partial charge is 0.252 e. The van der Waals surface area contributed by atoms with E-state index in [4.69, 9.17) is 9.47 Å². The van der Waals surface area contributed by atoms with E-state index in [2.05, 4.69) is 10.6 Å². The van der Waals surface area contributed by atoms with Crippen LogP contribution in [0.3, 0.4) is 0 Å². The van der Waals surface area contributed by atoms with E-state index in [0.29, 0.717) is 17.0 Å². The number of rotatable bonds is 9. The molecule has 0 aliphatic rings. The average Bonchev–Trinajstić information content (AvgIpc) is 2.82. The molecule has 166 valence electrons. The molecule has 2 N–H and O–H groups in total. The zero-order chi connectivity index (χ0) is 22.9. The lowest BCUT2D eigenvalue weighted by atomic mass is 10.1. The largest absolute Gasteiger partial charge is 0.497 e. The van der Waals surface area contributed by atoms with Gasteiger partial charge in [0.15, 0.2) is 0 Å². The Hall–Kier alpha value is -3.45. The average molecular weight is 451 g/mol. The van der Waals surface area contributed by atoms with Crippen LogP contribution < -0.4 is 20.1 Å². The van der Waals surface area contributed by atoms with Crippen molar-refractivity contribution in [2.24, 2.45) is 0 Å². The molecule has 0 aliphatic carbocycles. The molecule has 0 aromatic heterocycles. The van der Waals surface area contributed by atoms with Crippen molar-refractivity contribution in [1.82, 2.24) is 5.32 Å². The van der Waals surface area contributed by atoms with Gasteiger partial charge in [0.05, 0.1) is 31.6 Å². The van der Waals surface area contributed by atoms with Gasteiger partial charge >= 0.3 is 0 Å². The van der Waals surface area contributed by atoms with Crippen molar-refractivity contribution >= 4 is 29.3 Å². The predicted octanol–water partition coefficient (Wildman–Crippen LogP) is 4.93. The molecule has 3 aromatic rings. The fourth-order valence-electron chi connectivity index (χ4n) is 3.20.